The predicted octanol–water partition coefficient (Wildman–Crippen LogP) is 5.19. The van der Waals surface area contributed by atoms with Gasteiger partial charge in [0.2, 0.25) is 0 Å². The lowest BCUT2D eigenvalue weighted by Crippen LogP contribution is -2.46. The van der Waals surface area contributed by atoms with Gasteiger partial charge in [-0.15, -0.1) is 0 Å². The van der Waals surface area contributed by atoms with Crippen molar-refractivity contribution in [3.63, 3.8) is 0 Å². The zero-order valence-corrected chi connectivity index (χ0v) is 18.8. The molecule has 3 aromatic rings. The molecule has 0 bridgehead atoms. The molecule has 1 aliphatic heterocycles. The molecule has 1 fully saturated rings. The van der Waals surface area contributed by atoms with E-state index in [-0.39, 0.29) is 0 Å². The first-order valence-corrected chi connectivity index (χ1v) is 11.0. The zero-order valence-electron chi connectivity index (χ0n) is 17.2. The van der Waals surface area contributed by atoms with Crippen LogP contribution in [0.3, 0.4) is 0 Å². The van der Waals surface area contributed by atoms with Gasteiger partial charge in [-0.3, -0.25) is 4.98 Å². The molecule has 0 atom stereocenters. The lowest BCUT2D eigenvalue weighted by atomic mass is 10.1. The van der Waals surface area contributed by atoms with E-state index in [4.69, 9.17) is 28.6 Å². The quantitative estimate of drug-likeness (QED) is 0.515. The molecule has 1 aliphatic rings. The number of rotatable bonds is 5. The van der Waals surface area contributed by atoms with Gasteiger partial charge >= 0.3 is 0 Å². The minimum absolute atomic E-state index is 0.318. The Hall–Kier alpha value is -2.90. The van der Waals surface area contributed by atoms with E-state index < -0.39 is 0 Å². The lowest BCUT2D eigenvalue weighted by molar-refractivity contribution is 0.462. The third kappa shape index (κ3) is 5.83. The number of hydrogen-bond acceptors (Lipinski definition) is 5. The first-order chi connectivity index (χ1) is 15.1. The van der Waals surface area contributed by atoms with Crippen LogP contribution in [0.15, 0.2) is 61.1 Å². The largest absolute Gasteiger partial charge is 0.456 e. The average Bonchev–Trinajstić information content (AvgIpc) is 2.77. The Balaban J connectivity index is 1.31. The van der Waals surface area contributed by atoms with Gasteiger partial charge in [0.15, 0.2) is 5.11 Å². The van der Waals surface area contributed by atoms with Gasteiger partial charge in [-0.25, -0.2) is 4.98 Å². The number of piperidine rings is 1. The third-order valence-corrected chi connectivity index (χ3v) is 5.62. The van der Waals surface area contributed by atoms with Gasteiger partial charge in [0.1, 0.15) is 17.3 Å². The summed E-state index contributed by atoms with van der Waals surface area (Å²) in [4.78, 5) is 10.9. The molecule has 2 N–H and O–H groups in total. The number of anilines is 2. The van der Waals surface area contributed by atoms with Crippen molar-refractivity contribution in [1.82, 2.24) is 15.3 Å². The van der Waals surface area contributed by atoms with Crippen molar-refractivity contribution in [3.8, 4) is 11.5 Å². The fourth-order valence-corrected chi connectivity index (χ4v) is 4.05. The van der Waals surface area contributed by atoms with Crippen molar-refractivity contribution in [3.05, 3.63) is 71.6 Å². The SMILES string of the molecule is Cc1ccc(Oc2ccnc(N3CCC(NC(=S)Nc4cccnc4)CC3)c2)c(Cl)c1. The van der Waals surface area contributed by atoms with Gasteiger partial charge in [0, 0.05) is 37.6 Å². The maximum absolute atomic E-state index is 6.30. The number of ether oxygens (including phenoxy) is 1. The highest BCUT2D eigenvalue weighted by atomic mass is 35.5. The van der Waals surface area contributed by atoms with E-state index >= 15 is 0 Å². The Morgan fingerprint density at radius 1 is 1.16 bits per heavy atom. The molecule has 6 nitrogen and oxygen atoms in total. The van der Waals surface area contributed by atoms with Gasteiger partial charge in [-0.1, -0.05) is 17.7 Å². The number of halogens is 1. The number of benzene rings is 1. The highest BCUT2D eigenvalue weighted by Crippen LogP contribution is 2.31. The summed E-state index contributed by atoms with van der Waals surface area (Å²) in [5.41, 5.74) is 1.98. The summed E-state index contributed by atoms with van der Waals surface area (Å²) in [7, 11) is 0. The van der Waals surface area contributed by atoms with Gasteiger partial charge in [0.25, 0.3) is 0 Å². The number of aromatic nitrogens is 2. The van der Waals surface area contributed by atoms with Gasteiger partial charge in [-0.05, 0) is 67.9 Å². The summed E-state index contributed by atoms with van der Waals surface area (Å²) >= 11 is 11.7. The molecule has 0 amide bonds. The second kappa shape index (κ2) is 9.94. The maximum Gasteiger partial charge on any atom is 0.171 e. The van der Waals surface area contributed by atoms with Crippen LogP contribution in [0.5, 0.6) is 11.5 Å². The minimum atomic E-state index is 0.318. The van der Waals surface area contributed by atoms with Crippen LogP contribution < -0.4 is 20.3 Å². The van der Waals surface area contributed by atoms with Gasteiger partial charge in [-0.2, -0.15) is 0 Å². The van der Waals surface area contributed by atoms with E-state index in [1.807, 2.05) is 49.4 Å². The zero-order chi connectivity index (χ0) is 21.6. The van der Waals surface area contributed by atoms with Crippen LogP contribution in [0, 0.1) is 6.92 Å². The molecule has 160 valence electrons. The molecule has 31 heavy (non-hydrogen) atoms. The first-order valence-electron chi connectivity index (χ1n) is 10.2. The first kappa shape index (κ1) is 21.3. The van der Waals surface area contributed by atoms with Crippen molar-refractivity contribution >= 4 is 40.4 Å². The summed E-state index contributed by atoms with van der Waals surface area (Å²) in [5, 5.41) is 7.79. The molecule has 8 heteroatoms. The fraction of sp³-hybridized carbons (Fsp3) is 0.261. The Bertz CT molecular complexity index is 1040. The third-order valence-electron chi connectivity index (χ3n) is 5.11. The number of hydrogen-bond donors (Lipinski definition) is 2. The van der Waals surface area contributed by atoms with E-state index in [0.29, 0.717) is 21.9 Å². The van der Waals surface area contributed by atoms with Gasteiger partial charge in [0.05, 0.1) is 16.9 Å². The molecule has 3 heterocycles. The Labute approximate surface area is 192 Å². The van der Waals surface area contributed by atoms with Crippen molar-refractivity contribution in [2.24, 2.45) is 0 Å². The van der Waals surface area contributed by atoms with Gasteiger partial charge < -0.3 is 20.3 Å². The van der Waals surface area contributed by atoms with Crippen LogP contribution in [0.25, 0.3) is 0 Å². The van der Waals surface area contributed by atoms with E-state index in [9.17, 15) is 0 Å². The highest BCUT2D eigenvalue weighted by molar-refractivity contribution is 7.80. The van der Waals surface area contributed by atoms with Crippen molar-refractivity contribution in [2.45, 2.75) is 25.8 Å². The normalized spacial score (nSPS) is 14.2. The molecule has 1 aromatic carbocycles. The Morgan fingerprint density at radius 3 is 2.74 bits per heavy atom. The minimum Gasteiger partial charge on any atom is -0.456 e. The van der Waals surface area contributed by atoms with Crippen molar-refractivity contribution < 1.29 is 4.74 Å². The molecular formula is C23H24ClN5OS. The monoisotopic (exact) mass is 453 g/mol. The maximum atomic E-state index is 6.30. The lowest BCUT2D eigenvalue weighted by Gasteiger charge is -2.33. The number of nitrogens with zero attached hydrogens (tertiary/aromatic N) is 3. The van der Waals surface area contributed by atoms with Crippen LogP contribution >= 0.6 is 23.8 Å². The average molecular weight is 454 g/mol. The predicted molar refractivity (Wildman–Crippen MR) is 129 cm³/mol. The second-order valence-corrected chi connectivity index (χ2v) is 8.30. The van der Waals surface area contributed by atoms with E-state index in [1.165, 1.54) is 0 Å². The molecule has 0 spiro atoms. The molecule has 0 radical (unpaired) electrons. The topological polar surface area (TPSA) is 62.3 Å². The number of thiocarbonyl (C=S) groups is 1. The summed E-state index contributed by atoms with van der Waals surface area (Å²) in [5.74, 6) is 2.26. The Morgan fingerprint density at radius 2 is 2.00 bits per heavy atom. The molecule has 0 saturated carbocycles. The summed E-state index contributed by atoms with van der Waals surface area (Å²) in [6.07, 6.45) is 7.18. The molecular weight excluding hydrogens is 430 g/mol. The van der Waals surface area contributed by atoms with Crippen LogP contribution in [0.4, 0.5) is 11.5 Å². The molecule has 2 aromatic heterocycles. The fourth-order valence-electron chi connectivity index (χ4n) is 3.49. The van der Waals surface area contributed by atoms with E-state index in [0.717, 1.165) is 48.7 Å². The van der Waals surface area contributed by atoms with E-state index in [1.54, 1.807) is 18.6 Å². The highest BCUT2D eigenvalue weighted by Gasteiger charge is 2.21. The van der Waals surface area contributed by atoms with Crippen LogP contribution in [-0.4, -0.2) is 34.2 Å². The number of aryl methyl sites for hydroxylation is 1. The summed E-state index contributed by atoms with van der Waals surface area (Å²) in [6.45, 7) is 3.77. The number of pyridine rings is 2. The summed E-state index contributed by atoms with van der Waals surface area (Å²) < 4.78 is 5.98. The molecule has 0 unspecified atom stereocenters. The smallest absolute Gasteiger partial charge is 0.171 e. The molecule has 4 rings (SSSR count). The standard InChI is InChI=1S/C23H24ClN5OS/c1-16-4-5-21(20(24)13-16)30-19-6-10-26-22(14-19)29-11-7-17(8-12-29)27-23(31)28-18-3-2-9-25-15-18/h2-6,9-10,13-15,17H,7-8,11-12H2,1H3,(H2,27,28,31). The summed E-state index contributed by atoms with van der Waals surface area (Å²) in [6, 6.07) is 13.7. The van der Waals surface area contributed by atoms with Crippen LogP contribution in [0.1, 0.15) is 18.4 Å². The van der Waals surface area contributed by atoms with Crippen LogP contribution in [-0.2, 0) is 0 Å². The second-order valence-electron chi connectivity index (χ2n) is 7.49. The molecule has 1 saturated heterocycles. The van der Waals surface area contributed by atoms with Crippen molar-refractivity contribution in [2.75, 3.05) is 23.3 Å². The molecule has 0 aliphatic carbocycles. The van der Waals surface area contributed by atoms with Crippen molar-refractivity contribution in [1.29, 1.82) is 0 Å². The number of nitrogens with one attached hydrogen (secondary N) is 2. The van der Waals surface area contributed by atoms with E-state index in [2.05, 4.69) is 25.5 Å². The van der Waals surface area contributed by atoms with Crippen LogP contribution in [0.2, 0.25) is 5.02 Å². The Kier molecular flexibility index (Phi) is 6.84.